The fourth-order valence-electron chi connectivity index (χ4n) is 2.11. The Kier molecular flexibility index (Phi) is 8.91. The third-order valence-electron chi connectivity index (χ3n) is 3.07. The molecular weight excluding hydrogens is 401 g/mol. The van der Waals surface area contributed by atoms with Crippen LogP contribution < -0.4 is 15.4 Å². The molecule has 2 aromatic carbocycles. The van der Waals surface area contributed by atoms with Crippen molar-refractivity contribution in [3.63, 3.8) is 0 Å². The summed E-state index contributed by atoms with van der Waals surface area (Å²) in [5.74, 6) is 4.12. The fourth-order valence-corrected chi connectivity index (χ4v) is 2.11. The largest absolute Gasteiger partial charge is 0.491 e. The molecule has 0 radical (unpaired) electrons. The lowest BCUT2D eigenvalue weighted by Gasteiger charge is -2.10. The maximum atomic E-state index is 5.85. The molecule has 0 saturated carbocycles. The minimum atomic E-state index is 0. The molecule has 0 heterocycles. The highest BCUT2D eigenvalue weighted by Gasteiger charge is 2.01. The minimum Gasteiger partial charge on any atom is -0.491 e. The number of ether oxygens (including phenoxy) is 1. The van der Waals surface area contributed by atoms with Gasteiger partial charge in [0, 0.05) is 11.9 Å². The summed E-state index contributed by atoms with van der Waals surface area (Å²) in [7, 11) is 0. The van der Waals surface area contributed by atoms with Gasteiger partial charge >= 0.3 is 0 Å². The highest BCUT2D eigenvalue weighted by atomic mass is 127. The molecule has 0 aliphatic heterocycles. The molecule has 122 valence electrons. The van der Waals surface area contributed by atoms with Gasteiger partial charge in [-0.2, -0.15) is 0 Å². The zero-order chi connectivity index (χ0) is 15.6. The summed E-state index contributed by atoms with van der Waals surface area (Å²) in [6, 6.07) is 14.2. The van der Waals surface area contributed by atoms with E-state index in [-0.39, 0.29) is 24.0 Å². The van der Waals surface area contributed by atoms with Crippen LogP contribution in [0, 0.1) is 12.3 Å². The number of nitrogens with zero attached hydrogens (tertiary/aromatic N) is 1. The van der Waals surface area contributed by atoms with Crippen molar-refractivity contribution in [2.75, 3.05) is 26.2 Å². The van der Waals surface area contributed by atoms with Crippen molar-refractivity contribution < 1.29 is 4.74 Å². The van der Waals surface area contributed by atoms with E-state index in [2.05, 4.69) is 39.7 Å². The lowest BCUT2D eigenvalue weighted by molar-refractivity contribution is 0.332. The maximum absolute atomic E-state index is 5.85. The van der Waals surface area contributed by atoms with Gasteiger partial charge < -0.3 is 15.4 Å². The monoisotopic (exact) mass is 423 g/mol. The quantitative estimate of drug-likeness (QED) is 0.247. The summed E-state index contributed by atoms with van der Waals surface area (Å²) < 4.78 is 5.85. The van der Waals surface area contributed by atoms with Gasteiger partial charge in [-0.1, -0.05) is 42.3 Å². The molecule has 2 N–H and O–H groups in total. The summed E-state index contributed by atoms with van der Waals surface area (Å²) in [6.07, 6.45) is 5.24. The van der Waals surface area contributed by atoms with Crippen LogP contribution in [0.2, 0.25) is 0 Å². The SMILES string of the molecule is C#CCNC(=NCCOc1cccc2ccccc12)NCC.I. The lowest BCUT2D eigenvalue weighted by Crippen LogP contribution is -2.37. The fraction of sp³-hybridized carbons (Fsp3) is 0.278. The number of rotatable bonds is 6. The van der Waals surface area contributed by atoms with Crippen molar-refractivity contribution >= 4 is 40.7 Å². The van der Waals surface area contributed by atoms with E-state index in [1.165, 1.54) is 5.39 Å². The molecule has 0 atom stereocenters. The van der Waals surface area contributed by atoms with E-state index in [1.807, 2.05) is 31.2 Å². The van der Waals surface area contributed by atoms with Crippen molar-refractivity contribution in [3.8, 4) is 18.1 Å². The van der Waals surface area contributed by atoms with Gasteiger partial charge in [-0.05, 0) is 18.4 Å². The number of hydrogen-bond acceptors (Lipinski definition) is 2. The maximum Gasteiger partial charge on any atom is 0.192 e. The molecule has 4 nitrogen and oxygen atoms in total. The first-order valence-corrected chi connectivity index (χ1v) is 7.41. The molecule has 2 aromatic rings. The molecule has 0 aliphatic carbocycles. The standard InChI is InChI=1S/C18H21N3O.HI/c1-3-12-20-18(19-4-2)21-13-14-22-17-11-7-9-15-8-5-6-10-16(15)17;/h1,5-11H,4,12-14H2,2H3,(H2,19,20,21);1H. The van der Waals surface area contributed by atoms with Crippen molar-refractivity contribution in [1.29, 1.82) is 0 Å². The summed E-state index contributed by atoms with van der Waals surface area (Å²) in [5.41, 5.74) is 0. The number of hydrogen-bond donors (Lipinski definition) is 2. The van der Waals surface area contributed by atoms with E-state index in [0.717, 1.165) is 17.7 Å². The Labute approximate surface area is 154 Å². The van der Waals surface area contributed by atoms with Crippen LogP contribution in [-0.2, 0) is 0 Å². The van der Waals surface area contributed by atoms with Crippen LogP contribution in [0.3, 0.4) is 0 Å². The van der Waals surface area contributed by atoms with E-state index in [4.69, 9.17) is 11.2 Å². The topological polar surface area (TPSA) is 45.7 Å². The number of guanidine groups is 1. The second kappa shape index (κ2) is 10.7. The third kappa shape index (κ3) is 5.99. The lowest BCUT2D eigenvalue weighted by atomic mass is 10.1. The van der Waals surface area contributed by atoms with Crippen LogP contribution in [0.1, 0.15) is 6.92 Å². The second-order valence-corrected chi connectivity index (χ2v) is 4.64. The number of benzene rings is 2. The molecule has 0 fully saturated rings. The van der Waals surface area contributed by atoms with Crippen LogP contribution in [0.4, 0.5) is 0 Å². The van der Waals surface area contributed by atoms with Gasteiger partial charge in [-0.3, -0.25) is 0 Å². The predicted molar refractivity (Wildman–Crippen MR) is 108 cm³/mol. The molecule has 0 unspecified atom stereocenters. The van der Waals surface area contributed by atoms with Crippen molar-refractivity contribution in [1.82, 2.24) is 10.6 Å². The average Bonchev–Trinajstić information content (AvgIpc) is 2.56. The van der Waals surface area contributed by atoms with Crippen molar-refractivity contribution in [2.45, 2.75) is 6.92 Å². The summed E-state index contributed by atoms with van der Waals surface area (Å²) in [6.45, 7) is 4.33. The normalized spacial score (nSPS) is 10.5. The van der Waals surface area contributed by atoms with Gasteiger partial charge in [0.25, 0.3) is 0 Å². The second-order valence-electron chi connectivity index (χ2n) is 4.64. The van der Waals surface area contributed by atoms with E-state index in [9.17, 15) is 0 Å². The Hall–Kier alpha value is -1.94. The molecule has 0 aromatic heterocycles. The zero-order valence-electron chi connectivity index (χ0n) is 13.2. The molecule has 0 bridgehead atoms. The number of halogens is 1. The van der Waals surface area contributed by atoms with Gasteiger partial charge in [0.15, 0.2) is 5.96 Å². The Bertz CT molecular complexity index is 674. The Morgan fingerprint density at radius 1 is 1.17 bits per heavy atom. The molecule has 0 saturated heterocycles. The number of terminal acetylenes is 1. The van der Waals surface area contributed by atoms with E-state index >= 15 is 0 Å². The summed E-state index contributed by atoms with van der Waals surface area (Å²) in [4.78, 5) is 4.42. The number of nitrogens with one attached hydrogen (secondary N) is 2. The highest BCUT2D eigenvalue weighted by molar-refractivity contribution is 14.0. The molecular formula is C18H22IN3O. The van der Waals surface area contributed by atoms with E-state index in [1.54, 1.807) is 0 Å². The van der Waals surface area contributed by atoms with E-state index < -0.39 is 0 Å². The van der Waals surface area contributed by atoms with Crippen molar-refractivity contribution in [3.05, 3.63) is 42.5 Å². The van der Waals surface area contributed by atoms with Gasteiger partial charge in [0.2, 0.25) is 0 Å². The van der Waals surface area contributed by atoms with Crippen LogP contribution in [-0.4, -0.2) is 32.2 Å². The molecule has 0 spiro atoms. The minimum absolute atomic E-state index is 0. The molecule has 23 heavy (non-hydrogen) atoms. The van der Waals surface area contributed by atoms with Gasteiger partial charge in [-0.15, -0.1) is 30.4 Å². The highest BCUT2D eigenvalue weighted by Crippen LogP contribution is 2.24. The van der Waals surface area contributed by atoms with Gasteiger partial charge in [0.05, 0.1) is 13.1 Å². The number of aliphatic imine (C=N–C) groups is 1. The van der Waals surface area contributed by atoms with Crippen molar-refractivity contribution in [2.24, 2.45) is 4.99 Å². The number of fused-ring (bicyclic) bond motifs is 1. The Morgan fingerprint density at radius 3 is 2.74 bits per heavy atom. The molecule has 2 rings (SSSR count). The molecule has 0 aliphatic rings. The first-order chi connectivity index (χ1) is 10.8. The smallest absolute Gasteiger partial charge is 0.192 e. The average molecular weight is 423 g/mol. The van der Waals surface area contributed by atoms with Gasteiger partial charge in [-0.25, -0.2) is 4.99 Å². The van der Waals surface area contributed by atoms with Gasteiger partial charge in [0.1, 0.15) is 12.4 Å². The van der Waals surface area contributed by atoms with Crippen LogP contribution in [0.5, 0.6) is 5.75 Å². The third-order valence-corrected chi connectivity index (χ3v) is 3.07. The van der Waals surface area contributed by atoms with Crippen LogP contribution in [0.15, 0.2) is 47.5 Å². The van der Waals surface area contributed by atoms with E-state index in [0.29, 0.717) is 25.7 Å². The summed E-state index contributed by atoms with van der Waals surface area (Å²) >= 11 is 0. The summed E-state index contributed by atoms with van der Waals surface area (Å²) in [5, 5.41) is 8.47. The Morgan fingerprint density at radius 2 is 1.96 bits per heavy atom. The zero-order valence-corrected chi connectivity index (χ0v) is 15.5. The van der Waals surface area contributed by atoms with Crippen LogP contribution >= 0.6 is 24.0 Å². The Balaban J connectivity index is 0.00000264. The molecule has 0 amide bonds. The predicted octanol–water partition coefficient (Wildman–Crippen LogP) is 3.02. The first-order valence-electron chi connectivity index (χ1n) is 7.41. The van der Waals surface area contributed by atoms with Crippen LogP contribution in [0.25, 0.3) is 10.8 Å². The molecule has 5 heteroatoms. The first kappa shape index (κ1) is 19.1.